The smallest absolute Gasteiger partial charge is 0.00187 e. The molecule has 0 unspecified atom stereocenters. The van der Waals surface area contributed by atoms with E-state index in [0.29, 0.717) is 0 Å². The average Bonchev–Trinajstić information content (AvgIpc) is 2.71. The van der Waals surface area contributed by atoms with Gasteiger partial charge in [-0.25, -0.2) is 0 Å². The minimum atomic E-state index is 1.19. The quantitative estimate of drug-likeness (QED) is 0.118. The Bertz CT molecular complexity index is 281. The van der Waals surface area contributed by atoms with Gasteiger partial charge in [0.1, 0.15) is 0 Å². The van der Waals surface area contributed by atoms with Crippen molar-refractivity contribution >= 4 is 0 Å². The summed E-state index contributed by atoms with van der Waals surface area (Å²) in [4.78, 5) is 2.76. The Hall–Kier alpha value is -0.820. The van der Waals surface area contributed by atoms with Crippen LogP contribution in [0.1, 0.15) is 116 Å². The summed E-state index contributed by atoms with van der Waals surface area (Å²) in [6, 6.07) is 0. The molecule has 0 radical (unpaired) electrons. The van der Waals surface area contributed by atoms with Crippen molar-refractivity contribution in [1.29, 1.82) is 0 Å². The zero-order valence-corrected chi connectivity index (χ0v) is 19.1. The minimum Gasteiger partial charge on any atom is -0.303 e. The summed E-state index contributed by atoms with van der Waals surface area (Å²) in [5.74, 6) is 0. The Morgan fingerprint density at radius 1 is 0.357 bits per heavy atom. The highest BCUT2D eigenvalue weighted by atomic mass is 15.1. The van der Waals surface area contributed by atoms with E-state index in [2.05, 4.69) is 42.9 Å². The molecule has 0 aromatic rings. The Balaban J connectivity index is 3.83. The van der Waals surface area contributed by atoms with Crippen LogP contribution in [0.3, 0.4) is 0 Å². The summed E-state index contributed by atoms with van der Waals surface area (Å²) in [5, 5.41) is 0. The molecule has 0 N–H and O–H groups in total. The first-order chi connectivity index (χ1) is 13.8. The first-order valence-electron chi connectivity index (χ1n) is 12.4. The topological polar surface area (TPSA) is 3.24 Å². The predicted molar refractivity (Wildman–Crippen MR) is 130 cm³/mol. The van der Waals surface area contributed by atoms with Crippen molar-refractivity contribution in [3.63, 3.8) is 0 Å². The molecule has 0 bridgehead atoms. The highest BCUT2D eigenvalue weighted by molar-refractivity contribution is 4.67. The molecule has 0 aliphatic rings. The molecule has 1 nitrogen and oxygen atoms in total. The molecule has 0 aromatic carbocycles. The van der Waals surface area contributed by atoms with Gasteiger partial charge >= 0.3 is 0 Å². The van der Waals surface area contributed by atoms with Gasteiger partial charge in [0.25, 0.3) is 0 Å². The molecule has 0 aliphatic carbocycles. The molecule has 0 heterocycles. The van der Waals surface area contributed by atoms with Gasteiger partial charge in [-0.3, -0.25) is 0 Å². The van der Waals surface area contributed by atoms with Gasteiger partial charge < -0.3 is 4.90 Å². The van der Waals surface area contributed by atoms with Crippen molar-refractivity contribution in [3.05, 3.63) is 38.0 Å². The molecule has 0 rings (SSSR count). The second-order valence-electron chi connectivity index (χ2n) is 8.38. The molecular weight excluding hydrogens is 338 g/mol. The normalized spacial score (nSPS) is 11.0. The van der Waals surface area contributed by atoms with Gasteiger partial charge in [-0.1, -0.05) is 76.0 Å². The van der Waals surface area contributed by atoms with Crippen LogP contribution in [0, 0.1) is 0 Å². The van der Waals surface area contributed by atoms with Crippen LogP contribution in [0.2, 0.25) is 0 Å². The second kappa shape index (κ2) is 24.2. The van der Waals surface area contributed by atoms with Crippen LogP contribution in [-0.4, -0.2) is 24.5 Å². The van der Waals surface area contributed by atoms with Gasteiger partial charge in [0, 0.05) is 0 Å². The average molecular weight is 390 g/mol. The van der Waals surface area contributed by atoms with Gasteiger partial charge in [-0.2, -0.15) is 0 Å². The van der Waals surface area contributed by atoms with E-state index in [1.54, 1.807) is 0 Å². The van der Waals surface area contributed by atoms with Gasteiger partial charge in [0.2, 0.25) is 0 Å². The second-order valence-corrected chi connectivity index (χ2v) is 8.38. The van der Waals surface area contributed by atoms with Crippen LogP contribution in [0.15, 0.2) is 38.0 Å². The Labute approximate surface area is 178 Å². The molecule has 28 heavy (non-hydrogen) atoms. The van der Waals surface area contributed by atoms with E-state index in [1.165, 1.54) is 135 Å². The number of nitrogens with zero attached hydrogens (tertiary/aromatic N) is 1. The third-order valence-corrected chi connectivity index (χ3v) is 5.65. The number of allylic oxidation sites excluding steroid dienone is 3. The van der Waals surface area contributed by atoms with Crippen molar-refractivity contribution in [2.24, 2.45) is 0 Å². The number of hydrogen-bond donors (Lipinski definition) is 0. The summed E-state index contributed by atoms with van der Waals surface area (Å²) < 4.78 is 0. The number of hydrogen-bond acceptors (Lipinski definition) is 1. The molecule has 0 amide bonds. The lowest BCUT2D eigenvalue weighted by Crippen LogP contribution is -2.27. The van der Waals surface area contributed by atoms with E-state index in [9.17, 15) is 0 Å². The molecule has 1 heteroatoms. The van der Waals surface area contributed by atoms with Crippen LogP contribution in [-0.2, 0) is 0 Å². The lowest BCUT2D eigenvalue weighted by Gasteiger charge is -2.22. The van der Waals surface area contributed by atoms with Gasteiger partial charge in [0.15, 0.2) is 0 Å². The summed E-state index contributed by atoms with van der Waals surface area (Å²) >= 11 is 0. The molecule has 0 aromatic heterocycles. The molecule has 0 aliphatic heterocycles. The molecule has 0 saturated carbocycles. The summed E-state index contributed by atoms with van der Waals surface area (Å²) in [6.45, 7) is 15.4. The van der Waals surface area contributed by atoms with E-state index in [4.69, 9.17) is 0 Å². The minimum absolute atomic E-state index is 1.19. The van der Waals surface area contributed by atoms with E-state index in [-0.39, 0.29) is 0 Å². The van der Waals surface area contributed by atoms with Crippen LogP contribution in [0.4, 0.5) is 0 Å². The highest BCUT2D eigenvalue weighted by Gasteiger charge is 2.05. The number of unbranched alkanes of at least 4 members (excludes halogenated alkanes) is 15. The monoisotopic (exact) mass is 389 g/mol. The Kier molecular flexibility index (Phi) is 23.5. The molecule has 0 spiro atoms. The summed E-state index contributed by atoms with van der Waals surface area (Å²) in [5.41, 5.74) is 0. The third-order valence-electron chi connectivity index (χ3n) is 5.65. The molecule has 0 fully saturated rings. The maximum atomic E-state index is 3.81. The van der Waals surface area contributed by atoms with E-state index >= 15 is 0 Å². The molecule has 164 valence electrons. The molecule has 0 saturated heterocycles. The Morgan fingerprint density at radius 2 is 0.607 bits per heavy atom. The standard InChI is InChI=1S/C27H51N/c1-4-7-10-13-16-19-22-25-28(26-23-20-17-14-11-8-5-2)27-24-21-18-15-12-9-6-3/h4-6H,1-3,7-27H2. The first kappa shape index (κ1) is 27.2. The largest absolute Gasteiger partial charge is 0.303 e. The molecule has 0 atom stereocenters. The van der Waals surface area contributed by atoms with E-state index in [0.717, 1.165) is 0 Å². The van der Waals surface area contributed by atoms with Gasteiger partial charge in [-0.15, -0.1) is 19.7 Å². The molecular formula is C27H51N. The Morgan fingerprint density at radius 3 is 0.893 bits per heavy atom. The first-order valence-corrected chi connectivity index (χ1v) is 12.4. The maximum absolute atomic E-state index is 3.81. The van der Waals surface area contributed by atoms with Crippen LogP contribution < -0.4 is 0 Å². The van der Waals surface area contributed by atoms with Gasteiger partial charge in [0.05, 0.1) is 0 Å². The fourth-order valence-corrected chi connectivity index (χ4v) is 3.80. The lowest BCUT2D eigenvalue weighted by molar-refractivity contribution is 0.254. The number of rotatable bonds is 24. The van der Waals surface area contributed by atoms with Crippen molar-refractivity contribution in [3.8, 4) is 0 Å². The third kappa shape index (κ3) is 21.5. The van der Waals surface area contributed by atoms with E-state index < -0.39 is 0 Å². The van der Waals surface area contributed by atoms with Crippen molar-refractivity contribution < 1.29 is 0 Å². The summed E-state index contributed by atoms with van der Waals surface area (Å²) in [7, 11) is 0. The fraction of sp³-hybridized carbons (Fsp3) is 0.778. The lowest BCUT2D eigenvalue weighted by atomic mass is 10.1. The van der Waals surface area contributed by atoms with Crippen molar-refractivity contribution in [2.75, 3.05) is 19.6 Å². The van der Waals surface area contributed by atoms with Crippen LogP contribution >= 0.6 is 0 Å². The zero-order chi connectivity index (χ0) is 20.5. The zero-order valence-electron chi connectivity index (χ0n) is 19.1. The van der Waals surface area contributed by atoms with Crippen molar-refractivity contribution in [2.45, 2.75) is 116 Å². The highest BCUT2D eigenvalue weighted by Crippen LogP contribution is 2.11. The van der Waals surface area contributed by atoms with Crippen LogP contribution in [0.5, 0.6) is 0 Å². The fourth-order valence-electron chi connectivity index (χ4n) is 3.80. The van der Waals surface area contributed by atoms with Gasteiger partial charge in [-0.05, 0) is 77.4 Å². The maximum Gasteiger partial charge on any atom is -0.00187 e. The van der Waals surface area contributed by atoms with Crippen molar-refractivity contribution in [1.82, 2.24) is 4.90 Å². The van der Waals surface area contributed by atoms with Crippen LogP contribution in [0.25, 0.3) is 0 Å². The van der Waals surface area contributed by atoms with E-state index in [1.807, 2.05) is 0 Å². The predicted octanol–water partition coefficient (Wildman–Crippen LogP) is 8.87. The summed E-state index contributed by atoms with van der Waals surface area (Å²) in [6.07, 6.45) is 30.4. The SMILES string of the molecule is C=CCCCCCCCN(CCCCCCCC=C)CCCCCCCC=C.